The molecule has 2 aromatic carbocycles. The SMILES string of the molecule is CCOc1ccccc1N(CCCC(=O)N(Cc1ccc(Br)cc1)C(C)C(=O)NC(C)(C)C)S(C)(=O)=O. The van der Waals surface area contributed by atoms with Gasteiger partial charge in [0.25, 0.3) is 0 Å². The molecule has 0 aliphatic carbocycles. The highest BCUT2D eigenvalue weighted by atomic mass is 79.9. The van der Waals surface area contributed by atoms with Gasteiger partial charge in [0.15, 0.2) is 0 Å². The zero-order valence-corrected chi connectivity index (χ0v) is 24.9. The zero-order chi connectivity index (χ0) is 27.8. The number of rotatable bonds is 12. The van der Waals surface area contributed by atoms with Gasteiger partial charge in [-0.25, -0.2) is 8.42 Å². The highest BCUT2D eigenvalue weighted by Gasteiger charge is 2.29. The largest absolute Gasteiger partial charge is 0.492 e. The second kappa shape index (κ2) is 13.3. The molecule has 0 radical (unpaired) electrons. The Morgan fingerprint density at radius 3 is 2.27 bits per heavy atom. The molecule has 2 aromatic rings. The van der Waals surface area contributed by atoms with Gasteiger partial charge >= 0.3 is 0 Å². The summed E-state index contributed by atoms with van der Waals surface area (Å²) in [5.74, 6) is -0.0153. The normalized spacial score (nSPS) is 12.5. The topological polar surface area (TPSA) is 96.0 Å². The number of nitrogens with one attached hydrogen (secondary N) is 1. The quantitative estimate of drug-likeness (QED) is 0.383. The van der Waals surface area contributed by atoms with E-state index >= 15 is 0 Å². The third-order valence-corrected chi connectivity index (χ3v) is 7.23. The molecule has 0 spiro atoms. The van der Waals surface area contributed by atoms with Gasteiger partial charge in [0.2, 0.25) is 21.8 Å². The van der Waals surface area contributed by atoms with Gasteiger partial charge in [0, 0.05) is 29.5 Å². The third kappa shape index (κ3) is 9.66. The van der Waals surface area contributed by atoms with Crippen molar-refractivity contribution in [3.05, 3.63) is 58.6 Å². The lowest BCUT2D eigenvalue weighted by atomic mass is 10.1. The van der Waals surface area contributed by atoms with E-state index in [0.29, 0.717) is 18.0 Å². The van der Waals surface area contributed by atoms with Gasteiger partial charge in [0.05, 0.1) is 18.6 Å². The molecule has 8 nitrogen and oxygen atoms in total. The summed E-state index contributed by atoms with van der Waals surface area (Å²) in [7, 11) is -3.62. The lowest BCUT2D eigenvalue weighted by molar-refractivity contribution is -0.141. The molecular weight excluding hydrogens is 558 g/mol. The van der Waals surface area contributed by atoms with Crippen LogP contribution < -0.4 is 14.4 Å². The van der Waals surface area contributed by atoms with E-state index in [9.17, 15) is 18.0 Å². The van der Waals surface area contributed by atoms with Crippen molar-refractivity contribution < 1.29 is 22.7 Å². The number of benzene rings is 2. The van der Waals surface area contributed by atoms with Gasteiger partial charge in [-0.2, -0.15) is 0 Å². The Kier molecular flexibility index (Phi) is 11.0. The zero-order valence-electron chi connectivity index (χ0n) is 22.5. The number of carbonyl (C=O) groups excluding carboxylic acids is 2. The van der Waals surface area contributed by atoms with Crippen molar-refractivity contribution in [3.8, 4) is 5.75 Å². The Bertz CT molecular complexity index is 1160. The van der Waals surface area contributed by atoms with E-state index in [0.717, 1.165) is 16.3 Å². The van der Waals surface area contributed by atoms with Crippen LogP contribution in [0.25, 0.3) is 0 Å². The third-order valence-electron chi connectivity index (χ3n) is 5.52. The lowest BCUT2D eigenvalue weighted by Crippen LogP contribution is -2.52. The molecule has 0 aliphatic rings. The standard InChI is InChI=1S/C27H38BrN3O5S/c1-7-36-24-12-9-8-11-23(24)31(37(6,34)35)18-10-13-25(32)30(19-21-14-16-22(28)17-15-21)20(2)26(33)29-27(3,4)5/h8-9,11-12,14-17,20H,7,10,13,18-19H2,1-6H3,(H,29,33). The van der Waals surface area contributed by atoms with Crippen LogP contribution in [0, 0.1) is 0 Å². The molecule has 37 heavy (non-hydrogen) atoms. The van der Waals surface area contributed by atoms with Gasteiger partial charge in [-0.1, -0.05) is 40.2 Å². The predicted molar refractivity (Wildman–Crippen MR) is 151 cm³/mol. The van der Waals surface area contributed by atoms with Gasteiger partial charge in [0.1, 0.15) is 11.8 Å². The van der Waals surface area contributed by atoms with E-state index in [-0.39, 0.29) is 37.7 Å². The average molecular weight is 597 g/mol. The van der Waals surface area contributed by atoms with Crippen molar-refractivity contribution in [1.82, 2.24) is 10.2 Å². The number of sulfonamides is 1. The number of nitrogens with zero attached hydrogens (tertiary/aromatic N) is 2. The molecule has 2 amide bonds. The Labute approximate surface area is 229 Å². The maximum Gasteiger partial charge on any atom is 0.242 e. The van der Waals surface area contributed by atoms with E-state index in [1.54, 1.807) is 36.1 Å². The molecular formula is C27H38BrN3O5S. The second-order valence-electron chi connectivity index (χ2n) is 9.90. The summed E-state index contributed by atoms with van der Waals surface area (Å²) in [6.07, 6.45) is 1.49. The van der Waals surface area contributed by atoms with Gasteiger partial charge < -0.3 is 15.0 Å². The Balaban J connectivity index is 2.22. The summed E-state index contributed by atoms with van der Waals surface area (Å²) in [4.78, 5) is 27.9. The minimum absolute atomic E-state index is 0.0759. The number of carbonyl (C=O) groups is 2. The van der Waals surface area contributed by atoms with Crippen molar-refractivity contribution in [2.45, 2.75) is 65.6 Å². The molecule has 204 valence electrons. The van der Waals surface area contributed by atoms with Crippen LogP contribution in [0.5, 0.6) is 5.75 Å². The van der Waals surface area contributed by atoms with E-state index < -0.39 is 21.6 Å². The fraction of sp³-hybridized carbons (Fsp3) is 0.481. The monoisotopic (exact) mass is 595 g/mol. The van der Waals surface area contributed by atoms with Crippen LogP contribution in [0.1, 0.15) is 53.0 Å². The summed E-state index contributed by atoms with van der Waals surface area (Å²) in [5, 5.41) is 2.94. The van der Waals surface area contributed by atoms with Gasteiger partial charge in [-0.15, -0.1) is 0 Å². The molecule has 0 heterocycles. The predicted octanol–water partition coefficient (Wildman–Crippen LogP) is 4.73. The molecule has 0 saturated carbocycles. The van der Waals surface area contributed by atoms with Crippen LogP contribution in [-0.2, 0) is 26.2 Å². The first-order valence-corrected chi connectivity index (χ1v) is 14.9. The first-order chi connectivity index (χ1) is 17.2. The Hall–Kier alpha value is -2.59. The number of anilines is 1. The number of amides is 2. The van der Waals surface area contributed by atoms with E-state index in [1.165, 1.54) is 4.31 Å². The minimum atomic E-state index is -3.62. The fourth-order valence-electron chi connectivity index (χ4n) is 3.77. The molecule has 0 aliphatic heterocycles. The van der Waals surface area contributed by atoms with Gasteiger partial charge in [-0.3, -0.25) is 13.9 Å². The summed E-state index contributed by atoms with van der Waals surface area (Å²) < 4.78 is 33.0. The first-order valence-electron chi connectivity index (χ1n) is 12.3. The summed E-state index contributed by atoms with van der Waals surface area (Å²) >= 11 is 3.42. The van der Waals surface area contributed by atoms with E-state index in [4.69, 9.17) is 4.74 Å². The van der Waals surface area contributed by atoms with Crippen LogP contribution in [0.2, 0.25) is 0 Å². The van der Waals surface area contributed by atoms with Crippen molar-refractivity contribution in [3.63, 3.8) is 0 Å². The summed E-state index contributed by atoms with van der Waals surface area (Å²) in [6, 6.07) is 13.8. The van der Waals surface area contributed by atoms with Crippen LogP contribution >= 0.6 is 15.9 Å². The highest BCUT2D eigenvalue weighted by Crippen LogP contribution is 2.30. The van der Waals surface area contributed by atoms with Crippen molar-refractivity contribution >= 4 is 43.5 Å². The van der Waals surface area contributed by atoms with Gasteiger partial charge in [-0.05, 0) is 70.9 Å². The number of para-hydroxylation sites is 2. The molecule has 0 fully saturated rings. The maximum absolute atomic E-state index is 13.4. The molecule has 1 atom stereocenters. The van der Waals surface area contributed by atoms with Crippen LogP contribution in [0.4, 0.5) is 5.69 Å². The Morgan fingerprint density at radius 1 is 1.08 bits per heavy atom. The number of halogens is 1. The van der Waals surface area contributed by atoms with Crippen molar-refractivity contribution in [2.75, 3.05) is 23.7 Å². The van der Waals surface area contributed by atoms with E-state index in [1.807, 2.05) is 52.0 Å². The second-order valence-corrected chi connectivity index (χ2v) is 12.7. The minimum Gasteiger partial charge on any atom is -0.492 e. The molecule has 0 bridgehead atoms. The molecule has 1 unspecified atom stereocenters. The smallest absolute Gasteiger partial charge is 0.242 e. The number of hydrogen-bond donors (Lipinski definition) is 1. The van der Waals surface area contributed by atoms with E-state index in [2.05, 4.69) is 21.2 Å². The van der Waals surface area contributed by atoms with Crippen LogP contribution in [0.3, 0.4) is 0 Å². The lowest BCUT2D eigenvalue weighted by Gasteiger charge is -2.32. The summed E-state index contributed by atoms with van der Waals surface area (Å²) in [5.41, 5.74) is 0.876. The number of hydrogen-bond acceptors (Lipinski definition) is 5. The molecule has 0 saturated heterocycles. The number of ether oxygens (including phenoxy) is 1. The molecule has 2 rings (SSSR count). The molecule has 0 aromatic heterocycles. The maximum atomic E-state index is 13.4. The fourth-order valence-corrected chi connectivity index (χ4v) is 5.00. The van der Waals surface area contributed by atoms with Crippen LogP contribution in [0.15, 0.2) is 53.0 Å². The molecule has 1 N–H and O–H groups in total. The Morgan fingerprint density at radius 2 is 1.70 bits per heavy atom. The van der Waals surface area contributed by atoms with Crippen molar-refractivity contribution in [1.29, 1.82) is 0 Å². The summed E-state index contributed by atoms with van der Waals surface area (Å²) in [6.45, 7) is 9.95. The van der Waals surface area contributed by atoms with Crippen molar-refractivity contribution in [2.24, 2.45) is 0 Å². The highest BCUT2D eigenvalue weighted by molar-refractivity contribution is 9.10. The van der Waals surface area contributed by atoms with Crippen LogP contribution in [-0.4, -0.2) is 56.1 Å². The average Bonchev–Trinajstić information content (AvgIpc) is 2.80. The first kappa shape index (κ1) is 30.6. The molecule has 10 heteroatoms.